The molecular weight excluding hydrogens is 512 g/mol. The molecule has 0 unspecified atom stereocenters. The van der Waals surface area contributed by atoms with Gasteiger partial charge in [-0.25, -0.2) is 9.19 Å². The number of hydrogen-bond donors (Lipinski definition) is 1. The van der Waals surface area contributed by atoms with Crippen molar-refractivity contribution in [1.29, 1.82) is 0 Å². The molecule has 38 heavy (non-hydrogen) atoms. The van der Waals surface area contributed by atoms with Gasteiger partial charge in [-0.1, -0.05) is 23.7 Å². The summed E-state index contributed by atoms with van der Waals surface area (Å²) in [6.07, 6.45) is 2.20. The first-order valence-corrected chi connectivity index (χ1v) is 12.2. The van der Waals surface area contributed by atoms with E-state index >= 15 is 0 Å². The van der Waals surface area contributed by atoms with Crippen LogP contribution in [0, 0.1) is 0 Å². The van der Waals surface area contributed by atoms with Crippen LogP contribution in [0.4, 0.5) is 0 Å². The highest BCUT2D eigenvalue weighted by Gasteiger charge is 2.20. The van der Waals surface area contributed by atoms with Gasteiger partial charge in [0.2, 0.25) is 0 Å². The van der Waals surface area contributed by atoms with Crippen LogP contribution in [0.3, 0.4) is 0 Å². The lowest BCUT2D eigenvalue weighted by Crippen LogP contribution is -2.33. The summed E-state index contributed by atoms with van der Waals surface area (Å²) in [5, 5.41) is 13.8. The fourth-order valence-corrected chi connectivity index (χ4v) is 4.43. The first-order valence-electron chi connectivity index (χ1n) is 11.8. The van der Waals surface area contributed by atoms with Crippen LogP contribution < -0.4 is 20.5 Å². The predicted molar refractivity (Wildman–Crippen MR) is 139 cm³/mol. The van der Waals surface area contributed by atoms with Crippen molar-refractivity contribution in [1.82, 2.24) is 24.5 Å². The lowest BCUT2D eigenvalue weighted by molar-refractivity contribution is 0.101. The first kappa shape index (κ1) is 23.9. The normalized spacial score (nSPS) is 13.0. The second-order valence-corrected chi connectivity index (χ2v) is 9.01. The monoisotopic (exact) mass is 532 g/mol. The van der Waals surface area contributed by atoms with Crippen LogP contribution in [-0.4, -0.2) is 50.7 Å². The van der Waals surface area contributed by atoms with Crippen molar-refractivity contribution in [2.75, 3.05) is 25.7 Å². The summed E-state index contributed by atoms with van der Waals surface area (Å²) in [5.74, 6) is 0.560. The van der Waals surface area contributed by atoms with Crippen molar-refractivity contribution in [3.63, 3.8) is 0 Å². The predicted octanol–water partition coefficient (Wildman–Crippen LogP) is 3.45. The number of ether oxygens (including phenoxy) is 3. The van der Waals surface area contributed by atoms with E-state index < -0.39 is 11.5 Å². The summed E-state index contributed by atoms with van der Waals surface area (Å²) in [4.78, 5) is 26.2. The molecule has 0 saturated carbocycles. The number of pyridine rings is 1. The second kappa shape index (κ2) is 9.77. The minimum atomic E-state index is -0.559. The van der Waals surface area contributed by atoms with Gasteiger partial charge in [0.05, 0.1) is 31.1 Å². The number of rotatable bonds is 5. The Morgan fingerprint density at radius 2 is 1.87 bits per heavy atom. The summed E-state index contributed by atoms with van der Waals surface area (Å²) in [6.45, 7) is 1.27. The molecule has 1 amide bonds. The van der Waals surface area contributed by atoms with Gasteiger partial charge < -0.3 is 14.2 Å². The molecule has 0 saturated heterocycles. The number of nitrogens with zero attached hydrogens (tertiary/aromatic N) is 5. The van der Waals surface area contributed by atoms with E-state index in [0.717, 1.165) is 22.2 Å². The van der Waals surface area contributed by atoms with E-state index in [1.165, 1.54) is 6.20 Å². The molecule has 4 heterocycles. The Hall–Kier alpha value is -4.48. The van der Waals surface area contributed by atoms with Crippen LogP contribution in [0.1, 0.15) is 22.5 Å². The highest BCUT2D eigenvalue weighted by molar-refractivity contribution is 6.30. The molecule has 0 bridgehead atoms. The number of amides is 1. The van der Waals surface area contributed by atoms with E-state index in [2.05, 4.69) is 20.7 Å². The van der Waals surface area contributed by atoms with Crippen LogP contribution in [0.25, 0.3) is 27.8 Å². The standard InChI is InChI=1S/C26H21ClN6O5/c1-36-14-18-22(15-3-6-17(27)7-4-15)24-29-28-23-19(33(24)30-18)9-10-32(26(23)35)31-25(34)16-5-8-20-21(13-16)38-12-2-11-37-20/h3-10,13H,2,11-12,14H2,1H3,(H,31,34). The maximum atomic E-state index is 13.3. The smallest absolute Gasteiger partial charge is 0.299 e. The van der Waals surface area contributed by atoms with Crippen LogP contribution >= 0.6 is 11.6 Å². The van der Waals surface area contributed by atoms with Crippen molar-refractivity contribution in [2.45, 2.75) is 13.0 Å². The van der Waals surface area contributed by atoms with Crippen molar-refractivity contribution in [3.8, 4) is 22.6 Å². The molecular formula is C26H21ClN6O5. The van der Waals surface area contributed by atoms with E-state index in [4.69, 9.17) is 25.8 Å². The van der Waals surface area contributed by atoms with Crippen LogP contribution in [-0.2, 0) is 11.3 Å². The number of hydrogen-bond acceptors (Lipinski definition) is 8. The molecule has 5 aromatic rings. The van der Waals surface area contributed by atoms with Crippen molar-refractivity contribution in [2.24, 2.45) is 0 Å². The number of nitrogens with one attached hydrogen (secondary N) is 1. The molecule has 0 atom stereocenters. The zero-order chi connectivity index (χ0) is 26.2. The molecule has 192 valence electrons. The molecule has 0 radical (unpaired) electrons. The third-order valence-corrected chi connectivity index (χ3v) is 6.35. The number of carbonyl (C=O) groups is 1. The maximum absolute atomic E-state index is 13.3. The molecule has 11 nitrogen and oxygen atoms in total. The largest absolute Gasteiger partial charge is 0.490 e. The minimum Gasteiger partial charge on any atom is -0.490 e. The van der Waals surface area contributed by atoms with Gasteiger partial charge in [-0.15, -0.1) is 10.2 Å². The van der Waals surface area contributed by atoms with Crippen molar-refractivity contribution in [3.05, 3.63) is 81.4 Å². The van der Waals surface area contributed by atoms with E-state index in [9.17, 15) is 9.59 Å². The van der Waals surface area contributed by atoms with Gasteiger partial charge in [-0.3, -0.25) is 15.0 Å². The summed E-state index contributed by atoms with van der Waals surface area (Å²) in [5.41, 5.74) is 5.46. The SMILES string of the molecule is COCc1nn2c(nnc3c(=O)n(NC(=O)c4ccc5c(c4)OCCCO5)ccc32)c1-c1ccc(Cl)cc1. The zero-order valence-corrected chi connectivity index (χ0v) is 20.9. The quantitative estimate of drug-likeness (QED) is 0.365. The highest BCUT2D eigenvalue weighted by Crippen LogP contribution is 2.31. The number of halogens is 1. The van der Waals surface area contributed by atoms with Gasteiger partial charge in [0.15, 0.2) is 22.7 Å². The minimum absolute atomic E-state index is 0.0353. The van der Waals surface area contributed by atoms with Crippen molar-refractivity contribution < 1.29 is 19.0 Å². The molecule has 0 spiro atoms. The third-order valence-electron chi connectivity index (χ3n) is 6.10. The molecule has 6 rings (SSSR count). The number of aromatic nitrogens is 5. The lowest BCUT2D eigenvalue weighted by atomic mass is 10.1. The summed E-state index contributed by atoms with van der Waals surface area (Å²) in [6, 6.07) is 13.8. The average molecular weight is 533 g/mol. The summed E-state index contributed by atoms with van der Waals surface area (Å²) in [7, 11) is 1.57. The highest BCUT2D eigenvalue weighted by atomic mass is 35.5. The topological polar surface area (TPSA) is 122 Å². The molecule has 2 aromatic carbocycles. The van der Waals surface area contributed by atoms with E-state index in [1.807, 2.05) is 12.1 Å². The molecule has 0 aliphatic carbocycles. The van der Waals surface area contributed by atoms with Gasteiger partial charge in [0.1, 0.15) is 5.52 Å². The zero-order valence-electron chi connectivity index (χ0n) is 20.2. The van der Waals surface area contributed by atoms with Gasteiger partial charge in [-0.2, -0.15) is 5.10 Å². The number of carbonyl (C=O) groups excluding carboxylic acids is 1. The fourth-order valence-electron chi connectivity index (χ4n) is 4.31. The molecule has 1 aliphatic rings. The Kier molecular flexibility index (Phi) is 6.14. The summed E-state index contributed by atoms with van der Waals surface area (Å²) >= 11 is 6.06. The summed E-state index contributed by atoms with van der Waals surface area (Å²) < 4.78 is 19.2. The van der Waals surface area contributed by atoms with E-state index in [1.54, 1.807) is 48.0 Å². The van der Waals surface area contributed by atoms with Gasteiger partial charge in [0, 0.05) is 30.3 Å². The molecule has 1 N–H and O–H groups in total. The van der Waals surface area contributed by atoms with Crippen LogP contribution in [0.5, 0.6) is 11.5 Å². The van der Waals surface area contributed by atoms with Gasteiger partial charge in [-0.05, 0) is 42.0 Å². The molecule has 1 aliphatic heterocycles. The Balaban J connectivity index is 1.38. The Morgan fingerprint density at radius 1 is 1.08 bits per heavy atom. The van der Waals surface area contributed by atoms with E-state index in [-0.39, 0.29) is 12.1 Å². The number of methoxy groups -OCH3 is 1. The Labute approximate surface area is 220 Å². The van der Waals surface area contributed by atoms with Crippen LogP contribution in [0.2, 0.25) is 5.02 Å². The molecule has 12 heteroatoms. The third kappa shape index (κ3) is 4.21. The molecule has 0 fully saturated rings. The molecule has 3 aromatic heterocycles. The van der Waals surface area contributed by atoms with E-state index in [0.29, 0.717) is 52.2 Å². The fraction of sp³-hybridized carbons (Fsp3) is 0.192. The first-order chi connectivity index (χ1) is 18.5. The van der Waals surface area contributed by atoms with Gasteiger partial charge >= 0.3 is 0 Å². The Morgan fingerprint density at radius 3 is 2.66 bits per heavy atom. The van der Waals surface area contributed by atoms with Gasteiger partial charge in [0.25, 0.3) is 11.5 Å². The van der Waals surface area contributed by atoms with Crippen molar-refractivity contribution >= 4 is 34.2 Å². The lowest BCUT2D eigenvalue weighted by Gasteiger charge is -2.11. The Bertz CT molecular complexity index is 1750. The maximum Gasteiger partial charge on any atom is 0.299 e. The average Bonchev–Trinajstić information content (AvgIpc) is 3.12. The number of benzene rings is 2. The second-order valence-electron chi connectivity index (χ2n) is 8.57. The number of fused-ring (bicyclic) bond motifs is 4. The van der Waals surface area contributed by atoms with Crippen LogP contribution in [0.15, 0.2) is 59.5 Å².